The monoisotopic (exact) mass is 474 g/mol. The highest BCUT2D eigenvalue weighted by Crippen LogP contribution is 2.68. The number of nitrogens with one attached hydrogen (secondary N) is 2. The van der Waals surface area contributed by atoms with E-state index >= 15 is 0 Å². The summed E-state index contributed by atoms with van der Waals surface area (Å²) >= 11 is 0. The smallest absolute Gasteiger partial charge is 0.237 e. The Kier molecular flexibility index (Phi) is 6.43. The van der Waals surface area contributed by atoms with Crippen LogP contribution >= 0.6 is 0 Å². The fourth-order valence-electron chi connectivity index (χ4n) is 7.81. The third-order valence-electron chi connectivity index (χ3n) is 9.67. The van der Waals surface area contributed by atoms with Crippen LogP contribution < -0.4 is 16.4 Å². The number of carbonyl (C=O) groups is 2. The Morgan fingerprint density at radius 3 is 2.49 bits per heavy atom. The van der Waals surface area contributed by atoms with Crippen molar-refractivity contribution in [2.45, 2.75) is 63.8 Å². The van der Waals surface area contributed by atoms with Crippen LogP contribution in [0.2, 0.25) is 0 Å². The van der Waals surface area contributed by atoms with Crippen molar-refractivity contribution in [2.75, 3.05) is 11.9 Å². The molecule has 1 heterocycles. The van der Waals surface area contributed by atoms with Gasteiger partial charge in [0.05, 0.1) is 11.5 Å². The summed E-state index contributed by atoms with van der Waals surface area (Å²) in [5.74, 6) is 1.16. The molecule has 0 saturated heterocycles. The van der Waals surface area contributed by atoms with E-state index in [2.05, 4.69) is 53.7 Å². The molecule has 6 unspecified atom stereocenters. The van der Waals surface area contributed by atoms with Crippen molar-refractivity contribution < 1.29 is 9.59 Å². The van der Waals surface area contributed by atoms with Crippen LogP contribution in [0.1, 0.15) is 57.9 Å². The summed E-state index contributed by atoms with van der Waals surface area (Å²) in [5.41, 5.74) is 8.23. The van der Waals surface area contributed by atoms with Crippen LogP contribution in [-0.4, -0.2) is 29.4 Å². The number of carbonyl (C=O) groups excluding carboxylic acids is 2. The quantitative estimate of drug-likeness (QED) is 0.505. The van der Waals surface area contributed by atoms with E-state index in [-0.39, 0.29) is 29.1 Å². The van der Waals surface area contributed by atoms with Crippen molar-refractivity contribution in [2.24, 2.45) is 34.8 Å². The number of aromatic nitrogens is 1. The average Bonchev–Trinajstić information content (AvgIpc) is 3.28. The van der Waals surface area contributed by atoms with Crippen molar-refractivity contribution in [3.63, 3.8) is 0 Å². The van der Waals surface area contributed by atoms with Gasteiger partial charge in [-0.3, -0.25) is 14.6 Å². The minimum atomic E-state index is -0.582. The number of anilines is 1. The van der Waals surface area contributed by atoms with Gasteiger partial charge in [0.1, 0.15) is 0 Å². The van der Waals surface area contributed by atoms with E-state index in [4.69, 9.17) is 5.73 Å². The Morgan fingerprint density at radius 1 is 1.09 bits per heavy atom. The first-order valence-corrected chi connectivity index (χ1v) is 13.2. The highest BCUT2D eigenvalue weighted by atomic mass is 16.2. The molecule has 4 aliphatic rings. The van der Waals surface area contributed by atoms with Gasteiger partial charge in [0.25, 0.3) is 0 Å². The van der Waals surface area contributed by atoms with Crippen molar-refractivity contribution in [1.82, 2.24) is 10.3 Å². The lowest BCUT2D eigenvalue weighted by Crippen LogP contribution is -2.52. The minimum Gasteiger partial charge on any atom is -0.354 e. The molecule has 6 rings (SSSR count). The molecule has 0 aliphatic heterocycles. The summed E-state index contributed by atoms with van der Waals surface area (Å²) in [4.78, 5) is 31.0. The molecule has 4 bridgehead atoms. The van der Waals surface area contributed by atoms with Crippen LogP contribution in [0.5, 0.6) is 0 Å². The van der Waals surface area contributed by atoms with Gasteiger partial charge in [-0.2, -0.15) is 0 Å². The molecular weight excluding hydrogens is 436 g/mol. The van der Waals surface area contributed by atoms with Gasteiger partial charge in [-0.15, -0.1) is 0 Å². The zero-order chi connectivity index (χ0) is 24.6. The second-order valence-electron chi connectivity index (χ2n) is 11.1. The maximum absolute atomic E-state index is 13.5. The third kappa shape index (κ3) is 4.06. The van der Waals surface area contributed by atoms with Gasteiger partial charge in [0, 0.05) is 30.0 Å². The van der Waals surface area contributed by atoms with Gasteiger partial charge in [0.2, 0.25) is 11.8 Å². The Morgan fingerprint density at radius 2 is 1.80 bits per heavy atom. The molecule has 2 amide bonds. The highest BCUT2D eigenvalue weighted by Gasteiger charge is 2.67. The first kappa shape index (κ1) is 24.0. The zero-order valence-electron chi connectivity index (χ0n) is 20.9. The molecular formula is C29H38N4O2. The topological polar surface area (TPSA) is 97.1 Å². The largest absolute Gasteiger partial charge is 0.354 e. The fraction of sp³-hybridized carbons (Fsp3) is 0.552. The highest BCUT2D eigenvalue weighted by molar-refractivity contribution is 5.96. The second-order valence-corrected chi connectivity index (χ2v) is 11.1. The lowest BCUT2D eigenvalue weighted by molar-refractivity contribution is -0.128. The van der Waals surface area contributed by atoms with E-state index in [1.165, 1.54) is 5.56 Å². The van der Waals surface area contributed by atoms with Gasteiger partial charge in [-0.1, -0.05) is 44.2 Å². The molecule has 2 aromatic rings. The van der Waals surface area contributed by atoms with Crippen molar-refractivity contribution >= 4 is 17.5 Å². The molecule has 1 aromatic carbocycles. The van der Waals surface area contributed by atoms with Crippen LogP contribution in [0.25, 0.3) is 0 Å². The second kappa shape index (κ2) is 9.38. The third-order valence-corrected chi connectivity index (χ3v) is 9.67. The van der Waals surface area contributed by atoms with Crippen molar-refractivity contribution in [1.29, 1.82) is 0 Å². The van der Waals surface area contributed by atoms with Gasteiger partial charge in [-0.25, -0.2) is 0 Å². The van der Waals surface area contributed by atoms with Gasteiger partial charge in [-0.05, 0) is 79.9 Å². The molecule has 4 saturated carbocycles. The summed E-state index contributed by atoms with van der Waals surface area (Å²) in [7, 11) is 0. The minimum absolute atomic E-state index is 0.0614. The maximum atomic E-state index is 13.5. The van der Waals surface area contributed by atoms with E-state index < -0.39 is 11.5 Å². The van der Waals surface area contributed by atoms with Gasteiger partial charge < -0.3 is 16.4 Å². The number of hydrogen-bond acceptors (Lipinski definition) is 4. The van der Waals surface area contributed by atoms with E-state index in [9.17, 15) is 9.59 Å². The molecule has 4 N–H and O–H groups in total. The van der Waals surface area contributed by atoms with Crippen LogP contribution in [0.3, 0.4) is 0 Å². The lowest BCUT2D eigenvalue weighted by atomic mass is 9.72. The SMILES string of the molecule is CCC(CC)(CNC(=O)C(N)C1C2CC3CC1C(C(=O)Nc1ccncc1)(C3)C2)c1ccccc1. The number of benzene rings is 1. The number of hydrogen-bond donors (Lipinski definition) is 3. The molecule has 6 heteroatoms. The number of amides is 2. The summed E-state index contributed by atoms with van der Waals surface area (Å²) in [6.07, 6.45) is 9.12. The fourth-order valence-corrected chi connectivity index (χ4v) is 7.81. The number of rotatable bonds is 9. The lowest BCUT2D eigenvalue weighted by Gasteiger charge is -2.36. The predicted molar refractivity (Wildman–Crippen MR) is 137 cm³/mol. The number of nitrogens with zero attached hydrogens (tertiary/aromatic N) is 1. The molecule has 4 fully saturated rings. The summed E-state index contributed by atoms with van der Waals surface area (Å²) in [6.45, 7) is 4.94. The van der Waals surface area contributed by atoms with Crippen LogP contribution in [0.15, 0.2) is 54.9 Å². The van der Waals surface area contributed by atoms with Gasteiger partial charge >= 0.3 is 0 Å². The number of pyridine rings is 1. The molecule has 0 radical (unpaired) electrons. The summed E-state index contributed by atoms with van der Waals surface area (Å²) < 4.78 is 0. The maximum Gasteiger partial charge on any atom is 0.237 e. The van der Waals surface area contributed by atoms with Crippen LogP contribution in [-0.2, 0) is 15.0 Å². The van der Waals surface area contributed by atoms with E-state index in [0.29, 0.717) is 18.4 Å². The normalized spacial score (nSPS) is 29.7. The predicted octanol–water partition coefficient (Wildman–Crippen LogP) is 4.27. The molecule has 4 aliphatic carbocycles. The Balaban J connectivity index is 1.30. The van der Waals surface area contributed by atoms with E-state index in [1.807, 2.05) is 18.2 Å². The first-order valence-electron chi connectivity index (χ1n) is 13.2. The van der Waals surface area contributed by atoms with E-state index in [0.717, 1.165) is 44.2 Å². The Bertz CT molecular complexity index is 1050. The van der Waals surface area contributed by atoms with Gasteiger partial charge in [0.15, 0.2) is 0 Å². The molecule has 1 aromatic heterocycles. The zero-order valence-corrected chi connectivity index (χ0v) is 20.9. The van der Waals surface area contributed by atoms with E-state index in [1.54, 1.807) is 12.4 Å². The van der Waals surface area contributed by atoms with Crippen molar-refractivity contribution in [3.8, 4) is 0 Å². The summed E-state index contributed by atoms with van der Waals surface area (Å²) in [5, 5.41) is 6.36. The van der Waals surface area contributed by atoms with Crippen LogP contribution in [0, 0.1) is 29.1 Å². The molecule has 6 atom stereocenters. The first-order chi connectivity index (χ1) is 16.9. The summed E-state index contributed by atoms with van der Waals surface area (Å²) in [6, 6.07) is 13.5. The van der Waals surface area contributed by atoms with Crippen LogP contribution in [0.4, 0.5) is 5.69 Å². The molecule has 6 nitrogen and oxygen atoms in total. The molecule has 35 heavy (non-hydrogen) atoms. The van der Waals surface area contributed by atoms with Crippen molar-refractivity contribution in [3.05, 3.63) is 60.4 Å². The molecule has 0 spiro atoms. The molecule has 186 valence electrons. The Hall–Kier alpha value is -2.73. The number of nitrogens with two attached hydrogens (primary N) is 1. The average molecular weight is 475 g/mol. The standard InChI is InChI=1S/C29H38N4O2/c1-3-28(4-2,21-8-6-5-7-9-21)18-32-26(34)25(30)24-20-14-19-15-23(24)29(16-19,17-20)27(35)33-22-10-12-31-13-11-22/h5-13,19-20,23-25H,3-4,14-18,30H2,1-2H3,(H,32,34)(H,31,33,35). The Labute approximate surface area is 208 Å².